The Morgan fingerprint density at radius 1 is 1.23 bits per heavy atom. The quantitative estimate of drug-likeness (QED) is 0.559. The van der Waals surface area contributed by atoms with Crippen molar-refractivity contribution in [2.45, 2.75) is 32.4 Å². The lowest BCUT2D eigenvalue weighted by Gasteiger charge is -2.22. The van der Waals surface area contributed by atoms with Gasteiger partial charge >= 0.3 is 5.97 Å². The Morgan fingerprint density at radius 2 is 1.97 bits per heavy atom. The summed E-state index contributed by atoms with van der Waals surface area (Å²) >= 11 is 0. The maximum atomic E-state index is 12.8. The minimum absolute atomic E-state index is 0.201. The molecule has 2 aromatic heterocycles. The van der Waals surface area contributed by atoms with Crippen LogP contribution in [0.25, 0.3) is 11.0 Å². The van der Waals surface area contributed by atoms with E-state index in [1.165, 1.54) is 6.20 Å². The van der Waals surface area contributed by atoms with Crippen LogP contribution >= 0.6 is 0 Å². The van der Waals surface area contributed by atoms with Crippen LogP contribution in [0.5, 0.6) is 5.75 Å². The van der Waals surface area contributed by atoms with Crippen molar-refractivity contribution in [2.24, 2.45) is 7.05 Å². The number of hydrogen-bond acceptors (Lipinski definition) is 6. The van der Waals surface area contributed by atoms with Crippen LogP contribution in [0.1, 0.15) is 34.5 Å². The van der Waals surface area contributed by atoms with Crippen LogP contribution in [0.4, 0.5) is 0 Å². The molecule has 4 rings (SSSR count). The fraction of sp³-hybridized carbons (Fsp3) is 0.364. The molecule has 0 aliphatic heterocycles. The highest BCUT2D eigenvalue weighted by Gasteiger charge is 2.33. The number of ether oxygens (including phenoxy) is 2. The largest absolute Gasteiger partial charge is 0.497 e. The number of benzene rings is 1. The van der Waals surface area contributed by atoms with Gasteiger partial charge in [0.05, 0.1) is 18.4 Å². The molecule has 1 aliphatic carbocycles. The van der Waals surface area contributed by atoms with Crippen molar-refractivity contribution in [3.63, 3.8) is 0 Å². The number of carbonyl (C=O) groups is 2. The van der Waals surface area contributed by atoms with Gasteiger partial charge in [0.15, 0.2) is 12.3 Å². The van der Waals surface area contributed by atoms with Gasteiger partial charge in [0.25, 0.3) is 5.91 Å². The van der Waals surface area contributed by atoms with E-state index in [0.29, 0.717) is 17.8 Å². The predicted octanol–water partition coefficient (Wildman–Crippen LogP) is 2.63. The van der Waals surface area contributed by atoms with Gasteiger partial charge in [-0.1, -0.05) is 12.1 Å². The van der Waals surface area contributed by atoms with E-state index in [1.807, 2.05) is 31.2 Å². The molecule has 1 aromatic carbocycles. The van der Waals surface area contributed by atoms with E-state index < -0.39 is 5.97 Å². The standard InChI is InChI=1S/C22H24N4O4/c1-14-19-10-16(11-23-21(19)25(2)24-14)22(28)30-13-20(27)26(17-6-7-17)12-15-4-8-18(29-3)9-5-15/h4-5,8-11,17H,6-7,12-13H2,1-3H3. The molecule has 156 valence electrons. The van der Waals surface area contributed by atoms with E-state index in [9.17, 15) is 9.59 Å². The van der Waals surface area contributed by atoms with Gasteiger partial charge in [0.2, 0.25) is 0 Å². The fourth-order valence-electron chi connectivity index (χ4n) is 3.45. The number of aromatic nitrogens is 3. The normalized spacial score (nSPS) is 13.3. The number of carbonyl (C=O) groups excluding carboxylic acids is 2. The molecule has 0 spiro atoms. The van der Waals surface area contributed by atoms with Gasteiger partial charge in [-0.15, -0.1) is 0 Å². The zero-order chi connectivity index (χ0) is 21.3. The van der Waals surface area contributed by atoms with Gasteiger partial charge < -0.3 is 14.4 Å². The topological polar surface area (TPSA) is 86.5 Å². The molecular formula is C22H24N4O4. The molecule has 0 N–H and O–H groups in total. The number of aryl methyl sites for hydroxylation is 2. The third-order valence-corrected chi connectivity index (χ3v) is 5.25. The third kappa shape index (κ3) is 4.12. The lowest BCUT2D eigenvalue weighted by Crippen LogP contribution is -2.36. The molecule has 0 radical (unpaired) electrons. The Labute approximate surface area is 174 Å². The van der Waals surface area contributed by atoms with Crippen molar-refractivity contribution < 1.29 is 19.1 Å². The first-order valence-electron chi connectivity index (χ1n) is 9.85. The Balaban J connectivity index is 1.40. The van der Waals surface area contributed by atoms with Crippen LogP contribution in [0, 0.1) is 6.92 Å². The Morgan fingerprint density at radius 3 is 2.63 bits per heavy atom. The summed E-state index contributed by atoms with van der Waals surface area (Å²) in [6, 6.07) is 9.51. The second-order valence-electron chi connectivity index (χ2n) is 7.48. The van der Waals surface area contributed by atoms with E-state index in [0.717, 1.165) is 35.2 Å². The second-order valence-corrected chi connectivity index (χ2v) is 7.48. The van der Waals surface area contributed by atoms with Crippen LogP contribution in [-0.2, 0) is 23.1 Å². The zero-order valence-electron chi connectivity index (χ0n) is 17.3. The van der Waals surface area contributed by atoms with Gasteiger partial charge in [-0.2, -0.15) is 5.10 Å². The minimum Gasteiger partial charge on any atom is -0.497 e. The average molecular weight is 408 g/mol. The fourth-order valence-corrected chi connectivity index (χ4v) is 3.45. The average Bonchev–Trinajstić information content (AvgIpc) is 3.56. The Hall–Kier alpha value is -3.42. The molecule has 0 atom stereocenters. The Kier molecular flexibility index (Phi) is 5.39. The number of nitrogens with zero attached hydrogens (tertiary/aromatic N) is 4. The number of methoxy groups -OCH3 is 1. The summed E-state index contributed by atoms with van der Waals surface area (Å²) in [6.45, 7) is 2.04. The van der Waals surface area contributed by atoms with Crippen molar-refractivity contribution in [1.82, 2.24) is 19.7 Å². The minimum atomic E-state index is -0.568. The van der Waals surface area contributed by atoms with Gasteiger partial charge in [-0.3, -0.25) is 9.48 Å². The molecule has 8 nitrogen and oxygen atoms in total. The van der Waals surface area contributed by atoms with Crippen molar-refractivity contribution >= 4 is 22.9 Å². The summed E-state index contributed by atoms with van der Waals surface area (Å²) < 4.78 is 12.1. The lowest BCUT2D eigenvalue weighted by atomic mass is 10.2. The summed E-state index contributed by atoms with van der Waals surface area (Å²) in [6.07, 6.45) is 3.39. The second kappa shape index (κ2) is 8.14. The first kappa shape index (κ1) is 19.9. The van der Waals surface area contributed by atoms with Gasteiger partial charge in [0, 0.05) is 31.2 Å². The number of hydrogen-bond donors (Lipinski definition) is 0. The molecule has 0 unspecified atom stereocenters. The molecule has 1 saturated carbocycles. The lowest BCUT2D eigenvalue weighted by molar-refractivity contribution is -0.135. The highest BCUT2D eigenvalue weighted by molar-refractivity contribution is 5.94. The number of esters is 1. The van der Waals surface area contributed by atoms with E-state index >= 15 is 0 Å². The first-order chi connectivity index (χ1) is 14.5. The van der Waals surface area contributed by atoms with Crippen LogP contribution in [0.2, 0.25) is 0 Å². The molecule has 0 saturated heterocycles. The zero-order valence-corrected chi connectivity index (χ0v) is 17.3. The van der Waals surface area contributed by atoms with Gasteiger partial charge in [0.1, 0.15) is 5.75 Å². The number of rotatable bonds is 7. The third-order valence-electron chi connectivity index (χ3n) is 5.25. The highest BCUT2D eigenvalue weighted by Crippen LogP contribution is 2.29. The van der Waals surface area contributed by atoms with Crippen LogP contribution in [-0.4, -0.2) is 51.3 Å². The molecule has 8 heteroatoms. The van der Waals surface area contributed by atoms with E-state index in [-0.39, 0.29) is 18.6 Å². The molecule has 1 amide bonds. The van der Waals surface area contributed by atoms with E-state index in [2.05, 4.69) is 10.1 Å². The van der Waals surface area contributed by atoms with Crippen LogP contribution in [0.15, 0.2) is 36.5 Å². The van der Waals surface area contributed by atoms with Crippen molar-refractivity contribution in [3.05, 3.63) is 53.3 Å². The maximum absolute atomic E-state index is 12.8. The summed E-state index contributed by atoms with van der Waals surface area (Å²) in [5.74, 6) is 0.000806. The van der Waals surface area contributed by atoms with E-state index in [4.69, 9.17) is 9.47 Å². The number of fused-ring (bicyclic) bond motifs is 1. The van der Waals surface area contributed by atoms with Crippen molar-refractivity contribution in [3.8, 4) is 5.75 Å². The number of pyridine rings is 1. The molecule has 0 bridgehead atoms. The first-order valence-corrected chi connectivity index (χ1v) is 9.85. The SMILES string of the molecule is COc1ccc(CN(C(=O)COC(=O)c2cnc3c(c2)c(C)nn3C)C2CC2)cc1. The number of amides is 1. The molecular weight excluding hydrogens is 384 g/mol. The Bertz CT molecular complexity index is 1090. The predicted molar refractivity (Wildman–Crippen MR) is 110 cm³/mol. The van der Waals surface area contributed by atoms with Crippen LogP contribution < -0.4 is 4.74 Å². The monoisotopic (exact) mass is 408 g/mol. The molecule has 2 heterocycles. The summed E-state index contributed by atoms with van der Waals surface area (Å²) in [5.41, 5.74) is 2.79. The van der Waals surface area contributed by atoms with Crippen molar-refractivity contribution in [2.75, 3.05) is 13.7 Å². The molecule has 1 aliphatic rings. The van der Waals surface area contributed by atoms with Crippen molar-refractivity contribution in [1.29, 1.82) is 0 Å². The summed E-state index contributed by atoms with van der Waals surface area (Å²) in [5, 5.41) is 5.09. The summed E-state index contributed by atoms with van der Waals surface area (Å²) in [7, 11) is 3.42. The van der Waals surface area contributed by atoms with E-state index in [1.54, 1.807) is 29.8 Å². The van der Waals surface area contributed by atoms with Gasteiger partial charge in [-0.05, 0) is 43.5 Å². The smallest absolute Gasteiger partial charge is 0.340 e. The summed E-state index contributed by atoms with van der Waals surface area (Å²) in [4.78, 5) is 31.3. The highest BCUT2D eigenvalue weighted by atomic mass is 16.5. The maximum Gasteiger partial charge on any atom is 0.340 e. The van der Waals surface area contributed by atoms with Gasteiger partial charge in [-0.25, -0.2) is 9.78 Å². The molecule has 1 fully saturated rings. The molecule has 3 aromatic rings. The van der Waals surface area contributed by atoms with Crippen LogP contribution in [0.3, 0.4) is 0 Å². The molecule has 30 heavy (non-hydrogen) atoms.